The Hall–Kier alpha value is -4.15. The molecular formula is C37H42BrN3O5S. The van der Waals surface area contributed by atoms with Gasteiger partial charge >= 0.3 is 0 Å². The Morgan fingerprint density at radius 2 is 1.53 bits per heavy atom. The zero-order valence-electron chi connectivity index (χ0n) is 27.2. The van der Waals surface area contributed by atoms with E-state index < -0.39 is 28.5 Å². The second kappa shape index (κ2) is 16.6. The molecule has 1 atom stereocenters. The first-order chi connectivity index (χ1) is 22.5. The summed E-state index contributed by atoms with van der Waals surface area (Å²) >= 11 is 3.51. The second-order valence-electron chi connectivity index (χ2n) is 11.7. The molecule has 2 amide bonds. The predicted octanol–water partition coefficient (Wildman–Crippen LogP) is 6.76. The molecule has 10 heteroatoms. The van der Waals surface area contributed by atoms with Crippen molar-refractivity contribution >= 4 is 43.5 Å². The van der Waals surface area contributed by atoms with Gasteiger partial charge < -0.3 is 15.0 Å². The van der Waals surface area contributed by atoms with Crippen LogP contribution in [0.1, 0.15) is 37.5 Å². The van der Waals surface area contributed by atoms with Crippen LogP contribution < -0.4 is 14.4 Å². The molecule has 0 fully saturated rings. The van der Waals surface area contributed by atoms with Crippen molar-refractivity contribution < 1.29 is 22.7 Å². The molecule has 4 aromatic carbocycles. The van der Waals surface area contributed by atoms with Crippen LogP contribution in [0.15, 0.2) is 112 Å². The van der Waals surface area contributed by atoms with Crippen LogP contribution in [-0.4, -0.2) is 50.9 Å². The quantitative estimate of drug-likeness (QED) is 0.147. The molecule has 0 heterocycles. The number of anilines is 1. The first kappa shape index (κ1) is 35.7. The van der Waals surface area contributed by atoms with E-state index in [0.717, 1.165) is 25.5 Å². The van der Waals surface area contributed by atoms with Crippen molar-refractivity contribution in [2.75, 3.05) is 24.0 Å². The number of nitrogens with zero attached hydrogens (tertiary/aromatic N) is 2. The average molecular weight is 721 g/mol. The second-order valence-corrected chi connectivity index (χ2v) is 14.5. The third-order valence-electron chi connectivity index (χ3n) is 7.52. The molecule has 4 rings (SSSR count). The molecule has 4 aromatic rings. The van der Waals surface area contributed by atoms with Gasteiger partial charge in [0.05, 0.1) is 17.2 Å². The van der Waals surface area contributed by atoms with E-state index in [4.69, 9.17) is 4.74 Å². The van der Waals surface area contributed by atoms with Gasteiger partial charge in [-0.05, 0) is 79.4 Å². The third-order valence-corrected chi connectivity index (χ3v) is 9.80. The van der Waals surface area contributed by atoms with Crippen molar-refractivity contribution in [2.45, 2.75) is 51.6 Å². The maximum Gasteiger partial charge on any atom is 0.264 e. The van der Waals surface area contributed by atoms with Crippen molar-refractivity contribution in [3.63, 3.8) is 0 Å². The Balaban J connectivity index is 1.80. The summed E-state index contributed by atoms with van der Waals surface area (Å²) in [4.78, 5) is 30.0. The molecule has 1 N–H and O–H groups in total. The highest BCUT2D eigenvalue weighted by molar-refractivity contribution is 9.10. The minimum atomic E-state index is -4.19. The van der Waals surface area contributed by atoms with Gasteiger partial charge in [-0.25, -0.2) is 8.42 Å². The van der Waals surface area contributed by atoms with Crippen molar-refractivity contribution in [2.24, 2.45) is 5.92 Å². The Bertz CT molecular complexity index is 1730. The topological polar surface area (TPSA) is 96.0 Å². The summed E-state index contributed by atoms with van der Waals surface area (Å²) in [6, 6.07) is 29.2. The number of ether oxygens (including phenoxy) is 1. The van der Waals surface area contributed by atoms with Gasteiger partial charge in [0.2, 0.25) is 11.8 Å². The highest BCUT2D eigenvalue weighted by Gasteiger charge is 2.34. The Morgan fingerprint density at radius 1 is 0.872 bits per heavy atom. The van der Waals surface area contributed by atoms with Crippen LogP contribution >= 0.6 is 15.9 Å². The number of carbonyl (C=O) groups is 2. The monoisotopic (exact) mass is 719 g/mol. The van der Waals surface area contributed by atoms with Crippen LogP contribution in [0.3, 0.4) is 0 Å². The molecule has 0 unspecified atom stereocenters. The number of hydrogen-bond donors (Lipinski definition) is 1. The number of carbonyl (C=O) groups excluding carboxylic acids is 2. The molecule has 0 radical (unpaired) electrons. The molecular weight excluding hydrogens is 678 g/mol. The summed E-state index contributed by atoms with van der Waals surface area (Å²) in [5.41, 5.74) is 2.87. The van der Waals surface area contributed by atoms with Crippen molar-refractivity contribution in [3.8, 4) is 5.75 Å². The molecule has 0 saturated heterocycles. The molecule has 0 aliphatic heterocycles. The minimum Gasteiger partial charge on any atom is -0.494 e. The van der Waals surface area contributed by atoms with E-state index in [2.05, 4.69) is 21.2 Å². The van der Waals surface area contributed by atoms with E-state index in [1.165, 1.54) is 17.0 Å². The molecule has 47 heavy (non-hydrogen) atoms. The maximum absolute atomic E-state index is 14.6. The Kier molecular flexibility index (Phi) is 12.6. The van der Waals surface area contributed by atoms with Crippen LogP contribution in [-0.2, 0) is 32.6 Å². The van der Waals surface area contributed by atoms with Gasteiger partial charge in [0.25, 0.3) is 10.0 Å². The first-order valence-corrected chi connectivity index (χ1v) is 17.9. The number of amides is 2. The summed E-state index contributed by atoms with van der Waals surface area (Å²) in [7, 11) is -4.19. The summed E-state index contributed by atoms with van der Waals surface area (Å²) in [6.07, 6.45) is 0.248. The lowest BCUT2D eigenvalue weighted by molar-refractivity contribution is -0.140. The van der Waals surface area contributed by atoms with Crippen LogP contribution in [0.5, 0.6) is 5.75 Å². The van der Waals surface area contributed by atoms with Gasteiger partial charge in [-0.15, -0.1) is 0 Å². The van der Waals surface area contributed by atoms with Gasteiger partial charge in [-0.2, -0.15) is 0 Å². The van der Waals surface area contributed by atoms with Crippen molar-refractivity contribution in [1.82, 2.24) is 10.2 Å². The van der Waals surface area contributed by atoms with E-state index >= 15 is 0 Å². The van der Waals surface area contributed by atoms with Gasteiger partial charge in [-0.1, -0.05) is 89.9 Å². The fraction of sp³-hybridized carbons (Fsp3) is 0.297. The number of sulfonamides is 1. The van der Waals surface area contributed by atoms with Gasteiger partial charge in [0.1, 0.15) is 18.3 Å². The third kappa shape index (κ3) is 9.92. The van der Waals surface area contributed by atoms with Gasteiger partial charge in [-0.3, -0.25) is 13.9 Å². The maximum atomic E-state index is 14.6. The normalized spacial score (nSPS) is 12.0. The fourth-order valence-corrected chi connectivity index (χ4v) is 6.91. The molecule has 0 aliphatic carbocycles. The Morgan fingerprint density at radius 3 is 2.15 bits per heavy atom. The van der Waals surface area contributed by atoms with Crippen LogP contribution in [0.25, 0.3) is 0 Å². The summed E-state index contributed by atoms with van der Waals surface area (Å²) < 4.78 is 36.0. The summed E-state index contributed by atoms with van der Waals surface area (Å²) in [5, 5.41) is 3.01. The van der Waals surface area contributed by atoms with Crippen LogP contribution in [0.2, 0.25) is 0 Å². The molecule has 0 aromatic heterocycles. The molecule has 8 nitrogen and oxygen atoms in total. The van der Waals surface area contributed by atoms with E-state index in [1.54, 1.807) is 36.4 Å². The number of benzene rings is 4. The van der Waals surface area contributed by atoms with E-state index in [1.807, 2.05) is 82.3 Å². The SMILES string of the molecule is CCOc1ccc(N(CC(=O)N(Cc2cccc(Br)c2)[C@@H](Cc2ccccc2)C(=O)NCC(C)C)S(=O)(=O)c2ccc(C)cc2)cc1. The molecule has 0 spiro atoms. The first-order valence-electron chi connectivity index (χ1n) is 15.7. The van der Waals surface area contributed by atoms with Crippen LogP contribution in [0.4, 0.5) is 5.69 Å². The zero-order valence-corrected chi connectivity index (χ0v) is 29.6. The number of halogens is 1. The smallest absolute Gasteiger partial charge is 0.264 e. The van der Waals surface area contributed by atoms with Crippen molar-refractivity contribution in [3.05, 3.63) is 124 Å². The number of hydrogen-bond acceptors (Lipinski definition) is 5. The molecule has 0 saturated carbocycles. The molecule has 0 bridgehead atoms. The summed E-state index contributed by atoms with van der Waals surface area (Å²) in [5.74, 6) is -0.0493. The Labute approximate surface area is 286 Å². The largest absolute Gasteiger partial charge is 0.494 e. The standard InChI is InChI=1S/C37H42BrN3O5S/c1-5-46-33-18-16-32(17-19-33)41(47(44,45)34-20-14-28(4)15-21-34)26-36(42)40(25-30-12-9-13-31(38)22-30)35(37(43)39-24-27(2)3)23-29-10-7-6-8-11-29/h6-22,27,35H,5,23-26H2,1-4H3,(H,39,43)/t35-/m0/s1. The van der Waals surface area contributed by atoms with Gasteiger partial charge in [0, 0.05) is 24.0 Å². The lowest BCUT2D eigenvalue weighted by Gasteiger charge is -2.34. The minimum absolute atomic E-state index is 0.0545. The average Bonchev–Trinajstić information content (AvgIpc) is 3.05. The van der Waals surface area contributed by atoms with Crippen molar-refractivity contribution in [1.29, 1.82) is 0 Å². The number of nitrogens with one attached hydrogen (secondary N) is 1. The van der Waals surface area contributed by atoms with E-state index in [0.29, 0.717) is 24.6 Å². The van der Waals surface area contributed by atoms with Crippen LogP contribution in [0, 0.1) is 12.8 Å². The fourth-order valence-electron chi connectivity index (χ4n) is 5.05. The van der Waals surface area contributed by atoms with Gasteiger partial charge in [0.15, 0.2) is 0 Å². The predicted molar refractivity (Wildman–Crippen MR) is 190 cm³/mol. The zero-order chi connectivity index (χ0) is 34.0. The highest BCUT2D eigenvalue weighted by atomic mass is 79.9. The van der Waals surface area contributed by atoms with E-state index in [-0.39, 0.29) is 29.7 Å². The number of aryl methyl sites for hydroxylation is 1. The van der Waals surface area contributed by atoms with E-state index in [9.17, 15) is 18.0 Å². The number of rotatable bonds is 15. The highest BCUT2D eigenvalue weighted by Crippen LogP contribution is 2.27. The summed E-state index contributed by atoms with van der Waals surface area (Å²) in [6.45, 7) is 8.19. The lowest BCUT2D eigenvalue weighted by atomic mass is 10.0. The molecule has 0 aliphatic rings. The lowest BCUT2D eigenvalue weighted by Crippen LogP contribution is -2.53. The molecule has 248 valence electrons.